The summed E-state index contributed by atoms with van der Waals surface area (Å²) in [6.45, 7) is 0. The van der Waals surface area contributed by atoms with E-state index in [-0.39, 0.29) is 0 Å². The van der Waals surface area contributed by atoms with Gasteiger partial charge in [-0.2, -0.15) is 0 Å². The zero-order chi connectivity index (χ0) is 34.2. The van der Waals surface area contributed by atoms with Gasteiger partial charge in [0.1, 0.15) is 16.8 Å². The van der Waals surface area contributed by atoms with Crippen LogP contribution in [0.25, 0.3) is 105 Å². The number of hydrogen-bond donors (Lipinski definition) is 0. The minimum atomic E-state index is 0.668. The van der Waals surface area contributed by atoms with Gasteiger partial charge in [0.25, 0.3) is 0 Å². The number of para-hydroxylation sites is 1. The molecule has 0 saturated carbocycles. The normalized spacial score (nSPS) is 11.8. The molecular formula is C47H28N4O. The monoisotopic (exact) mass is 664 g/mol. The molecule has 4 heterocycles. The SMILES string of the molecule is c1ccc(-c2ccc3c(c2)c2cc(-c4nc(-c5ccccc5)cc(-c5ccc6oc7ccccc7c6c5)n4)ccc2c2c3nc3ccccn32)cc1. The van der Waals surface area contributed by atoms with Crippen LogP contribution in [0.2, 0.25) is 0 Å². The Morgan fingerprint density at radius 2 is 1.02 bits per heavy atom. The van der Waals surface area contributed by atoms with Gasteiger partial charge in [-0.05, 0) is 76.5 Å². The molecule has 0 aliphatic carbocycles. The van der Waals surface area contributed by atoms with E-state index in [9.17, 15) is 0 Å². The van der Waals surface area contributed by atoms with Crippen molar-refractivity contribution in [3.05, 3.63) is 170 Å². The van der Waals surface area contributed by atoms with Crippen molar-refractivity contribution in [3.8, 4) is 45.0 Å². The second-order valence-corrected chi connectivity index (χ2v) is 13.3. The van der Waals surface area contributed by atoms with Gasteiger partial charge in [-0.3, -0.25) is 4.40 Å². The Kier molecular flexibility index (Phi) is 6.18. The molecule has 0 spiro atoms. The van der Waals surface area contributed by atoms with Crippen LogP contribution in [-0.4, -0.2) is 19.4 Å². The van der Waals surface area contributed by atoms with Crippen LogP contribution in [0.15, 0.2) is 174 Å². The zero-order valence-electron chi connectivity index (χ0n) is 27.9. The minimum absolute atomic E-state index is 0.668. The molecule has 0 aliphatic heterocycles. The molecule has 4 aromatic heterocycles. The Balaban J connectivity index is 1.18. The van der Waals surface area contributed by atoms with Crippen LogP contribution in [0.1, 0.15) is 0 Å². The molecule has 0 unspecified atom stereocenters. The molecule has 11 rings (SSSR count). The van der Waals surface area contributed by atoms with Gasteiger partial charge in [0.2, 0.25) is 0 Å². The topological polar surface area (TPSA) is 56.2 Å². The highest BCUT2D eigenvalue weighted by Gasteiger charge is 2.18. The molecule has 242 valence electrons. The van der Waals surface area contributed by atoms with Crippen molar-refractivity contribution in [2.75, 3.05) is 0 Å². The Morgan fingerprint density at radius 1 is 0.385 bits per heavy atom. The number of pyridine rings is 1. The van der Waals surface area contributed by atoms with E-state index in [1.807, 2.05) is 48.5 Å². The number of fused-ring (bicyclic) bond motifs is 11. The van der Waals surface area contributed by atoms with Crippen molar-refractivity contribution in [1.29, 1.82) is 0 Å². The largest absolute Gasteiger partial charge is 0.456 e. The summed E-state index contributed by atoms with van der Waals surface area (Å²) in [7, 11) is 0. The van der Waals surface area contributed by atoms with Gasteiger partial charge in [-0.15, -0.1) is 0 Å². The number of hydrogen-bond acceptors (Lipinski definition) is 4. The first-order valence-electron chi connectivity index (χ1n) is 17.4. The molecule has 0 radical (unpaired) electrons. The molecular weight excluding hydrogens is 637 g/mol. The van der Waals surface area contributed by atoms with E-state index in [1.54, 1.807) is 0 Å². The fourth-order valence-electron chi connectivity index (χ4n) is 7.70. The quantitative estimate of drug-likeness (QED) is 0.176. The second-order valence-electron chi connectivity index (χ2n) is 13.3. The predicted octanol–water partition coefficient (Wildman–Crippen LogP) is 12.2. The first-order chi connectivity index (χ1) is 25.7. The molecule has 0 amide bonds. The first kappa shape index (κ1) is 28.7. The molecule has 5 heteroatoms. The van der Waals surface area contributed by atoms with Gasteiger partial charge in [0.15, 0.2) is 5.82 Å². The van der Waals surface area contributed by atoms with Crippen molar-refractivity contribution >= 4 is 60.2 Å². The highest BCUT2D eigenvalue weighted by Crippen LogP contribution is 2.40. The number of nitrogens with zero attached hydrogens (tertiary/aromatic N) is 4. The lowest BCUT2D eigenvalue weighted by atomic mass is 9.94. The third kappa shape index (κ3) is 4.46. The van der Waals surface area contributed by atoms with Crippen molar-refractivity contribution < 1.29 is 4.42 Å². The summed E-state index contributed by atoms with van der Waals surface area (Å²) >= 11 is 0. The summed E-state index contributed by atoms with van der Waals surface area (Å²) in [5, 5.41) is 6.68. The number of aromatic nitrogens is 4. The Hall–Kier alpha value is -7.11. The van der Waals surface area contributed by atoms with Gasteiger partial charge < -0.3 is 4.42 Å². The Labute approximate surface area is 298 Å². The van der Waals surface area contributed by atoms with Gasteiger partial charge in [-0.25, -0.2) is 15.0 Å². The fourth-order valence-corrected chi connectivity index (χ4v) is 7.70. The molecule has 5 nitrogen and oxygen atoms in total. The highest BCUT2D eigenvalue weighted by atomic mass is 16.3. The maximum atomic E-state index is 6.15. The number of benzene rings is 7. The molecule has 52 heavy (non-hydrogen) atoms. The summed E-state index contributed by atoms with van der Waals surface area (Å²) in [5.74, 6) is 0.668. The van der Waals surface area contributed by atoms with Crippen LogP contribution >= 0.6 is 0 Å². The zero-order valence-corrected chi connectivity index (χ0v) is 27.9. The first-order valence-corrected chi connectivity index (χ1v) is 17.4. The van der Waals surface area contributed by atoms with E-state index >= 15 is 0 Å². The average Bonchev–Trinajstić information content (AvgIpc) is 3.80. The Morgan fingerprint density at radius 3 is 1.88 bits per heavy atom. The van der Waals surface area contributed by atoms with E-state index in [0.29, 0.717) is 5.82 Å². The van der Waals surface area contributed by atoms with Crippen molar-refractivity contribution in [1.82, 2.24) is 19.4 Å². The number of furan rings is 1. The van der Waals surface area contributed by atoms with Crippen LogP contribution in [0.4, 0.5) is 0 Å². The third-order valence-corrected chi connectivity index (χ3v) is 10.2. The van der Waals surface area contributed by atoms with Crippen LogP contribution < -0.4 is 0 Å². The molecule has 0 fully saturated rings. The lowest BCUT2D eigenvalue weighted by Crippen LogP contribution is -1.96. The van der Waals surface area contributed by atoms with E-state index in [4.69, 9.17) is 19.4 Å². The number of rotatable bonds is 4. The molecule has 11 aromatic rings. The van der Waals surface area contributed by atoms with E-state index in [2.05, 4.69) is 126 Å². The average molecular weight is 665 g/mol. The van der Waals surface area contributed by atoms with Crippen LogP contribution in [0.5, 0.6) is 0 Å². The summed E-state index contributed by atoms with van der Waals surface area (Å²) < 4.78 is 8.35. The van der Waals surface area contributed by atoms with Gasteiger partial charge >= 0.3 is 0 Å². The maximum absolute atomic E-state index is 6.15. The van der Waals surface area contributed by atoms with E-state index < -0.39 is 0 Å². The van der Waals surface area contributed by atoms with Crippen molar-refractivity contribution in [3.63, 3.8) is 0 Å². The maximum Gasteiger partial charge on any atom is 0.160 e. The minimum Gasteiger partial charge on any atom is -0.456 e. The molecule has 0 bridgehead atoms. The smallest absolute Gasteiger partial charge is 0.160 e. The molecule has 7 aromatic carbocycles. The molecule has 0 aliphatic rings. The van der Waals surface area contributed by atoms with Gasteiger partial charge in [0, 0.05) is 44.4 Å². The van der Waals surface area contributed by atoms with Crippen LogP contribution in [-0.2, 0) is 0 Å². The van der Waals surface area contributed by atoms with Crippen LogP contribution in [0.3, 0.4) is 0 Å². The third-order valence-electron chi connectivity index (χ3n) is 10.2. The number of imidazole rings is 1. The standard InChI is InChI=1S/C47H28N4O/c1-3-11-29(12-4-1)31-18-21-35-37(25-31)38-27-33(19-22-36(38)46-45(35)50-44-17-9-10-24-51(44)46)47-48-40(30-13-5-2-6-14-30)28-41(49-47)32-20-23-43-39(26-32)34-15-7-8-16-42(34)52-43/h1-28H. The van der Waals surface area contributed by atoms with Gasteiger partial charge in [-0.1, -0.05) is 109 Å². The van der Waals surface area contributed by atoms with Crippen molar-refractivity contribution in [2.24, 2.45) is 0 Å². The fraction of sp³-hybridized carbons (Fsp3) is 0. The van der Waals surface area contributed by atoms with E-state index in [1.165, 1.54) is 5.56 Å². The van der Waals surface area contributed by atoms with Crippen molar-refractivity contribution in [2.45, 2.75) is 0 Å². The van der Waals surface area contributed by atoms with Gasteiger partial charge in [0.05, 0.1) is 22.4 Å². The molecule has 0 N–H and O–H groups in total. The molecule has 0 saturated heterocycles. The summed E-state index contributed by atoms with van der Waals surface area (Å²) in [5.41, 5.74) is 11.8. The summed E-state index contributed by atoms with van der Waals surface area (Å²) in [6, 6.07) is 57.0. The summed E-state index contributed by atoms with van der Waals surface area (Å²) in [4.78, 5) is 15.6. The lowest BCUT2D eigenvalue weighted by Gasteiger charge is -2.13. The molecule has 0 atom stereocenters. The van der Waals surface area contributed by atoms with Crippen LogP contribution in [0, 0.1) is 0 Å². The highest BCUT2D eigenvalue weighted by molar-refractivity contribution is 6.25. The van der Waals surface area contributed by atoms with E-state index in [0.717, 1.165) is 93.8 Å². The second kappa shape index (κ2) is 11.2. The Bertz CT molecular complexity index is 3180. The summed E-state index contributed by atoms with van der Waals surface area (Å²) in [6.07, 6.45) is 2.10. The lowest BCUT2D eigenvalue weighted by molar-refractivity contribution is 0.669. The predicted molar refractivity (Wildman–Crippen MR) is 212 cm³/mol.